The topological polar surface area (TPSA) is 62.1 Å². The van der Waals surface area contributed by atoms with E-state index in [1.807, 2.05) is 32.5 Å². The first kappa shape index (κ1) is 14.2. The van der Waals surface area contributed by atoms with Crippen molar-refractivity contribution < 1.29 is 9.53 Å². The third-order valence-corrected chi connectivity index (χ3v) is 3.74. The molecule has 0 aromatic carbocycles. The first-order chi connectivity index (χ1) is 7.92. The molecule has 17 heavy (non-hydrogen) atoms. The molecular weight excluding hydrogens is 236 g/mol. The number of carbonyl (C=O) groups excluding carboxylic acids is 1. The Labute approximate surface area is 107 Å². The maximum atomic E-state index is 11.5. The summed E-state index contributed by atoms with van der Waals surface area (Å²) in [5.41, 5.74) is -0.472. The van der Waals surface area contributed by atoms with E-state index in [0.29, 0.717) is 6.54 Å². The number of nitriles is 1. The molecule has 0 aromatic heterocycles. The summed E-state index contributed by atoms with van der Waals surface area (Å²) < 4.78 is 5.16. The predicted molar refractivity (Wildman–Crippen MR) is 68.8 cm³/mol. The van der Waals surface area contributed by atoms with Crippen molar-refractivity contribution in [1.82, 2.24) is 5.32 Å². The zero-order valence-corrected chi connectivity index (χ0v) is 11.5. The largest absolute Gasteiger partial charge is 0.444 e. The Morgan fingerprint density at radius 3 is 2.88 bits per heavy atom. The van der Waals surface area contributed by atoms with Crippen LogP contribution in [0.25, 0.3) is 0 Å². The molecule has 0 bridgehead atoms. The van der Waals surface area contributed by atoms with Gasteiger partial charge >= 0.3 is 6.09 Å². The SMILES string of the molecule is CC(C)(C)OC(=O)NCC1CSCCC1C#N. The molecule has 1 rings (SSSR count). The molecule has 1 aliphatic heterocycles. The molecule has 0 spiro atoms. The Balaban J connectivity index is 2.34. The molecule has 5 heteroatoms. The van der Waals surface area contributed by atoms with Gasteiger partial charge in [0.15, 0.2) is 0 Å². The number of nitrogens with one attached hydrogen (secondary N) is 1. The molecule has 0 radical (unpaired) electrons. The van der Waals surface area contributed by atoms with E-state index in [1.165, 1.54) is 0 Å². The van der Waals surface area contributed by atoms with Gasteiger partial charge in [-0.25, -0.2) is 4.79 Å². The van der Waals surface area contributed by atoms with E-state index in [1.54, 1.807) is 0 Å². The Kier molecular flexibility index (Phi) is 5.13. The van der Waals surface area contributed by atoms with Gasteiger partial charge in [0, 0.05) is 12.5 Å². The van der Waals surface area contributed by atoms with Crippen LogP contribution >= 0.6 is 11.8 Å². The lowest BCUT2D eigenvalue weighted by molar-refractivity contribution is 0.0517. The molecule has 1 fully saturated rings. The standard InChI is InChI=1S/C12H20N2O2S/c1-12(2,3)16-11(15)14-7-10-8-17-5-4-9(10)6-13/h9-10H,4-5,7-8H2,1-3H3,(H,14,15). The first-order valence-electron chi connectivity index (χ1n) is 5.86. The molecule has 2 atom stereocenters. The van der Waals surface area contributed by atoms with Crippen molar-refractivity contribution in [3.63, 3.8) is 0 Å². The minimum absolute atomic E-state index is 0.0613. The predicted octanol–water partition coefficient (Wildman–Crippen LogP) is 2.40. The Bertz CT molecular complexity index is 307. The smallest absolute Gasteiger partial charge is 0.407 e. The summed E-state index contributed by atoms with van der Waals surface area (Å²) in [5, 5.41) is 11.8. The van der Waals surface area contributed by atoms with Crippen molar-refractivity contribution in [3.05, 3.63) is 0 Å². The van der Waals surface area contributed by atoms with E-state index in [0.717, 1.165) is 17.9 Å². The first-order valence-corrected chi connectivity index (χ1v) is 7.02. The van der Waals surface area contributed by atoms with Gasteiger partial charge in [0.1, 0.15) is 5.60 Å². The number of amides is 1. The quantitative estimate of drug-likeness (QED) is 0.824. The minimum Gasteiger partial charge on any atom is -0.444 e. The number of alkyl carbamates (subject to hydrolysis) is 1. The van der Waals surface area contributed by atoms with Gasteiger partial charge in [0.05, 0.1) is 12.0 Å². The normalized spacial score (nSPS) is 24.8. The third kappa shape index (κ3) is 5.31. The fourth-order valence-electron chi connectivity index (χ4n) is 1.70. The molecule has 0 aliphatic carbocycles. The summed E-state index contributed by atoms with van der Waals surface area (Å²) in [6, 6.07) is 2.32. The summed E-state index contributed by atoms with van der Waals surface area (Å²) >= 11 is 1.84. The van der Waals surface area contributed by atoms with Crippen LogP contribution in [0.4, 0.5) is 4.79 Å². The second-order valence-corrected chi connectivity index (χ2v) is 6.39. The van der Waals surface area contributed by atoms with E-state index in [2.05, 4.69) is 11.4 Å². The Hall–Kier alpha value is -0.890. The van der Waals surface area contributed by atoms with Gasteiger partial charge in [0.2, 0.25) is 0 Å². The van der Waals surface area contributed by atoms with Gasteiger partial charge in [-0.3, -0.25) is 0 Å². The highest BCUT2D eigenvalue weighted by Crippen LogP contribution is 2.27. The van der Waals surface area contributed by atoms with Crippen molar-refractivity contribution in [2.75, 3.05) is 18.1 Å². The summed E-state index contributed by atoms with van der Waals surface area (Å²) in [7, 11) is 0. The van der Waals surface area contributed by atoms with E-state index in [4.69, 9.17) is 10.00 Å². The average Bonchev–Trinajstić information content (AvgIpc) is 2.24. The van der Waals surface area contributed by atoms with Crippen LogP contribution in [0.5, 0.6) is 0 Å². The highest BCUT2D eigenvalue weighted by atomic mass is 32.2. The molecule has 1 heterocycles. The molecule has 2 unspecified atom stereocenters. The molecule has 96 valence electrons. The van der Waals surface area contributed by atoms with E-state index >= 15 is 0 Å². The zero-order chi connectivity index (χ0) is 12.9. The number of ether oxygens (including phenoxy) is 1. The molecule has 1 saturated heterocycles. The summed E-state index contributed by atoms with van der Waals surface area (Å²) in [4.78, 5) is 11.5. The average molecular weight is 256 g/mol. The Morgan fingerprint density at radius 2 is 2.29 bits per heavy atom. The van der Waals surface area contributed by atoms with E-state index in [-0.39, 0.29) is 11.8 Å². The lowest BCUT2D eigenvalue weighted by Crippen LogP contribution is -2.38. The van der Waals surface area contributed by atoms with Gasteiger partial charge in [-0.1, -0.05) is 0 Å². The fraction of sp³-hybridized carbons (Fsp3) is 0.833. The van der Waals surface area contributed by atoms with Crippen molar-refractivity contribution in [1.29, 1.82) is 5.26 Å². The maximum absolute atomic E-state index is 11.5. The maximum Gasteiger partial charge on any atom is 0.407 e. The molecule has 1 aliphatic rings. The second kappa shape index (κ2) is 6.15. The second-order valence-electron chi connectivity index (χ2n) is 5.24. The molecule has 0 saturated carbocycles. The van der Waals surface area contributed by atoms with Crippen molar-refractivity contribution in [3.8, 4) is 6.07 Å². The van der Waals surface area contributed by atoms with Gasteiger partial charge in [-0.2, -0.15) is 17.0 Å². The van der Waals surface area contributed by atoms with Crippen LogP contribution in [0.3, 0.4) is 0 Å². The molecule has 1 amide bonds. The summed E-state index contributed by atoms with van der Waals surface area (Å²) in [6.07, 6.45) is 0.520. The van der Waals surface area contributed by atoms with Crippen molar-refractivity contribution in [2.24, 2.45) is 11.8 Å². The lowest BCUT2D eigenvalue weighted by atomic mass is 9.92. The number of thioether (sulfide) groups is 1. The van der Waals surface area contributed by atoms with Crippen LogP contribution in [0.15, 0.2) is 0 Å². The number of hydrogen-bond donors (Lipinski definition) is 1. The molecular formula is C12H20N2O2S. The van der Waals surface area contributed by atoms with Crippen LogP contribution in [-0.4, -0.2) is 29.7 Å². The minimum atomic E-state index is -0.472. The van der Waals surface area contributed by atoms with Crippen molar-refractivity contribution >= 4 is 17.9 Å². The van der Waals surface area contributed by atoms with Gasteiger partial charge in [-0.05, 0) is 38.7 Å². The number of hydrogen-bond acceptors (Lipinski definition) is 4. The van der Waals surface area contributed by atoms with Crippen LogP contribution in [0.1, 0.15) is 27.2 Å². The van der Waals surface area contributed by atoms with Gasteiger partial charge in [-0.15, -0.1) is 0 Å². The highest BCUT2D eigenvalue weighted by Gasteiger charge is 2.26. The number of rotatable bonds is 2. The fourth-order valence-corrected chi connectivity index (χ4v) is 2.94. The van der Waals surface area contributed by atoms with Crippen LogP contribution in [0.2, 0.25) is 0 Å². The highest BCUT2D eigenvalue weighted by molar-refractivity contribution is 7.99. The molecule has 0 aromatic rings. The lowest BCUT2D eigenvalue weighted by Gasteiger charge is -2.27. The zero-order valence-electron chi connectivity index (χ0n) is 10.7. The summed E-state index contributed by atoms with van der Waals surface area (Å²) in [5.74, 6) is 2.28. The van der Waals surface area contributed by atoms with E-state index in [9.17, 15) is 4.79 Å². The van der Waals surface area contributed by atoms with Crippen LogP contribution < -0.4 is 5.32 Å². The third-order valence-electron chi connectivity index (χ3n) is 2.55. The monoisotopic (exact) mass is 256 g/mol. The van der Waals surface area contributed by atoms with Gasteiger partial charge < -0.3 is 10.1 Å². The Morgan fingerprint density at radius 1 is 1.59 bits per heavy atom. The summed E-state index contributed by atoms with van der Waals surface area (Å²) in [6.45, 7) is 6.03. The number of carbonyl (C=O) groups is 1. The van der Waals surface area contributed by atoms with Crippen LogP contribution in [0, 0.1) is 23.2 Å². The molecule has 1 N–H and O–H groups in total. The van der Waals surface area contributed by atoms with Crippen molar-refractivity contribution in [2.45, 2.75) is 32.8 Å². The molecule has 4 nitrogen and oxygen atoms in total. The van der Waals surface area contributed by atoms with E-state index < -0.39 is 11.7 Å². The number of nitrogens with zero attached hydrogens (tertiary/aromatic N) is 1. The van der Waals surface area contributed by atoms with Crippen LogP contribution in [-0.2, 0) is 4.74 Å². The van der Waals surface area contributed by atoms with Gasteiger partial charge in [0.25, 0.3) is 0 Å².